The van der Waals surface area contributed by atoms with E-state index >= 15 is 0 Å². The molecule has 130 valence electrons. The Kier molecular flexibility index (Phi) is 4.74. The molecule has 0 bridgehead atoms. The summed E-state index contributed by atoms with van der Waals surface area (Å²) < 4.78 is 13.1. The number of rotatable bonds is 3. The number of fused-ring (bicyclic) bond motifs is 1. The van der Waals surface area contributed by atoms with Gasteiger partial charge in [-0.25, -0.2) is 4.39 Å². The molecule has 0 nitrogen and oxygen atoms in total. The van der Waals surface area contributed by atoms with E-state index in [9.17, 15) is 4.39 Å². The highest BCUT2D eigenvalue weighted by molar-refractivity contribution is 5.63. The van der Waals surface area contributed by atoms with Gasteiger partial charge in [-0.05, 0) is 91.0 Å². The van der Waals surface area contributed by atoms with Crippen molar-refractivity contribution in [2.75, 3.05) is 0 Å². The Balaban J connectivity index is 1.44. The summed E-state index contributed by atoms with van der Waals surface area (Å²) in [4.78, 5) is 0. The van der Waals surface area contributed by atoms with Crippen molar-refractivity contribution in [2.24, 2.45) is 17.8 Å². The van der Waals surface area contributed by atoms with E-state index in [1.807, 2.05) is 12.1 Å². The van der Waals surface area contributed by atoms with Gasteiger partial charge >= 0.3 is 0 Å². The lowest BCUT2D eigenvalue weighted by Gasteiger charge is -2.41. The third-order valence-electron chi connectivity index (χ3n) is 6.55. The molecule has 0 saturated heterocycles. The molecule has 0 amide bonds. The first-order valence-corrected chi connectivity index (χ1v) is 9.71. The van der Waals surface area contributed by atoms with Crippen molar-refractivity contribution in [2.45, 2.75) is 44.4 Å². The van der Waals surface area contributed by atoms with Crippen molar-refractivity contribution in [3.63, 3.8) is 0 Å². The van der Waals surface area contributed by atoms with Gasteiger partial charge in [0.05, 0.1) is 0 Å². The summed E-state index contributed by atoms with van der Waals surface area (Å²) in [6, 6.07) is 15.8. The van der Waals surface area contributed by atoms with E-state index in [1.165, 1.54) is 61.8 Å². The fourth-order valence-electron chi connectivity index (χ4n) is 5.03. The number of hydrogen-bond donors (Lipinski definition) is 0. The van der Waals surface area contributed by atoms with Crippen molar-refractivity contribution >= 4 is 0 Å². The second kappa shape index (κ2) is 7.15. The molecule has 0 aliphatic heterocycles. The molecule has 25 heavy (non-hydrogen) atoms. The summed E-state index contributed by atoms with van der Waals surface area (Å²) in [7, 11) is 0. The maximum Gasteiger partial charge on any atom is 0.123 e. The summed E-state index contributed by atoms with van der Waals surface area (Å²) >= 11 is 0. The van der Waals surface area contributed by atoms with Crippen LogP contribution in [0, 0.1) is 23.6 Å². The van der Waals surface area contributed by atoms with Crippen LogP contribution < -0.4 is 0 Å². The predicted molar refractivity (Wildman–Crippen MR) is 103 cm³/mol. The zero-order valence-electron chi connectivity index (χ0n) is 14.8. The van der Waals surface area contributed by atoms with E-state index in [0.717, 1.165) is 23.3 Å². The van der Waals surface area contributed by atoms with Crippen molar-refractivity contribution in [3.8, 4) is 11.1 Å². The van der Waals surface area contributed by atoms with Gasteiger partial charge < -0.3 is 0 Å². The zero-order chi connectivity index (χ0) is 17.2. The fraction of sp³-hybridized carbons (Fsp3) is 0.417. The lowest BCUT2D eigenvalue weighted by molar-refractivity contribution is 0.133. The number of benzene rings is 2. The summed E-state index contributed by atoms with van der Waals surface area (Å²) in [5, 5.41) is 0. The highest BCUT2D eigenvalue weighted by atomic mass is 19.1. The Labute approximate surface area is 150 Å². The average molecular weight is 334 g/mol. The minimum Gasteiger partial charge on any atom is -0.207 e. The minimum absolute atomic E-state index is 0.177. The second-order valence-electron chi connectivity index (χ2n) is 7.97. The molecular formula is C24H27F. The first-order chi connectivity index (χ1) is 12.2. The van der Waals surface area contributed by atoms with Crippen molar-refractivity contribution < 1.29 is 4.39 Å². The number of allylic oxidation sites excluding steroid dienone is 1. The average Bonchev–Trinajstić information content (AvgIpc) is 2.68. The Morgan fingerprint density at radius 3 is 2.04 bits per heavy atom. The molecule has 1 heteroatoms. The van der Waals surface area contributed by atoms with Crippen molar-refractivity contribution in [3.05, 3.63) is 72.6 Å². The Morgan fingerprint density at radius 1 is 0.760 bits per heavy atom. The fourth-order valence-corrected chi connectivity index (χ4v) is 5.03. The van der Waals surface area contributed by atoms with Crippen LogP contribution in [0.3, 0.4) is 0 Å². The van der Waals surface area contributed by atoms with Gasteiger partial charge in [0.25, 0.3) is 0 Å². The largest absolute Gasteiger partial charge is 0.207 e. The van der Waals surface area contributed by atoms with Crippen LogP contribution in [0.1, 0.15) is 50.0 Å². The van der Waals surface area contributed by atoms with E-state index in [2.05, 4.69) is 36.9 Å². The van der Waals surface area contributed by atoms with Gasteiger partial charge in [0.15, 0.2) is 0 Å². The molecule has 2 aromatic rings. The Hall–Kier alpha value is -1.89. The molecule has 2 saturated carbocycles. The maximum absolute atomic E-state index is 13.1. The predicted octanol–water partition coefficient (Wildman–Crippen LogP) is 6.98. The number of halogens is 1. The first kappa shape index (κ1) is 16.6. The standard InChI is InChI=1S/C24H27F/c1-2-17-3-4-23-16-22(10-9-21(23)15-17)20-7-5-18(6-8-20)19-11-13-24(25)14-12-19/h2,5-8,11-14,17,21-23H,1,3-4,9-10,15-16H2/t17-,21?,22?,23-/m1/s1. The van der Waals surface area contributed by atoms with Crippen LogP contribution in [0.2, 0.25) is 0 Å². The molecule has 2 aromatic carbocycles. The highest BCUT2D eigenvalue weighted by Gasteiger charge is 2.35. The van der Waals surface area contributed by atoms with Crippen LogP contribution in [-0.2, 0) is 0 Å². The molecule has 2 aliphatic rings. The molecule has 2 aliphatic carbocycles. The lowest BCUT2D eigenvalue weighted by atomic mass is 9.64. The van der Waals surface area contributed by atoms with E-state index in [0.29, 0.717) is 5.92 Å². The molecule has 0 N–H and O–H groups in total. The zero-order valence-corrected chi connectivity index (χ0v) is 14.8. The summed E-state index contributed by atoms with van der Waals surface area (Å²) in [6.07, 6.45) is 10.3. The molecule has 4 rings (SSSR count). The first-order valence-electron chi connectivity index (χ1n) is 9.71. The molecule has 0 aromatic heterocycles. The quantitative estimate of drug-likeness (QED) is 0.531. The van der Waals surface area contributed by atoms with Crippen LogP contribution in [0.25, 0.3) is 11.1 Å². The Bertz CT molecular complexity index is 713. The van der Waals surface area contributed by atoms with Gasteiger partial charge in [-0.15, -0.1) is 6.58 Å². The molecule has 0 spiro atoms. The van der Waals surface area contributed by atoms with Crippen LogP contribution in [0.4, 0.5) is 4.39 Å². The summed E-state index contributed by atoms with van der Waals surface area (Å²) in [5.41, 5.74) is 3.73. The molecule has 2 unspecified atom stereocenters. The third-order valence-corrected chi connectivity index (χ3v) is 6.55. The van der Waals surface area contributed by atoms with Crippen molar-refractivity contribution in [1.82, 2.24) is 0 Å². The second-order valence-corrected chi connectivity index (χ2v) is 7.97. The smallest absolute Gasteiger partial charge is 0.123 e. The number of hydrogen-bond acceptors (Lipinski definition) is 0. The van der Waals surface area contributed by atoms with Crippen molar-refractivity contribution in [1.29, 1.82) is 0 Å². The topological polar surface area (TPSA) is 0 Å². The SMILES string of the molecule is C=C[C@@H]1CC[C@@H]2CC(c3ccc(-c4ccc(F)cc4)cc3)CCC2C1. The summed E-state index contributed by atoms with van der Waals surface area (Å²) in [5.74, 6) is 3.12. The molecule has 0 heterocycles. The van der Waals surface area contributed by atoms with E-state index in [1.54, 1.807) is 0 Å². The third kappa shape index (κ3) is 3.56. The van der Waals surface area contributed by atoms with Crippen LogP contribution in [0.5, 0.6) is 0 Å². The van der Waals surface area contributed by atoms with Crippen LogP contribution >= 0.6 is 0 Å². The molecular weight excluding hydrogens is 307 g/mol. The van der Waals surface area contributed by atoms with E-state index in [-0.39, 0.29) is 5.82 Å². The monoisotopic (exact) mass is 334 g/mol. The lowest BCUT2D eigenvalue weighted by Crippen LogP contribution is -2.29. The van der Waals surface area contributed by atoms with Gasteiger partial charge in [-0.3, -0.25) is 0 Å². The van der Waals surface area contributed by atoms with Crippen LogP contribution in [0.15, 0.2) is 61.2 Å². The van der Waals surface area contributed by atoms with E-state index < -0.39 is 0 Å². The van der Waals surface area contributed by atoms with Gasteiger partial charge in [0.1, 0.15) is 5.82 Å². The van der Waals surface area contributed by atoms with E-state index in [4.69, 9.17) is 0 Å². The molecule has 2 fully saturated rings. The molecule has 0 radical (unpaired) electrons. The summed E-state index contributed by atoms with van der Waals surface area (Å²) in [6.45, 7) is 4.00. The van der Waals surface area contributed by atoms with Gasteiger partial charge in [0, 0.05) is 0 Å². The van der Waals surface area contributed by atoms with Gasteiger partial charge in [-0.1, -0.05) is 42.5 Å². The Morgan fingerprint density at radius 2 is 1.36 bits per heavy atom. The molecule has 4 atom stereocenters. The minimum atomic E-state index is -0.177. The van der Waals surface area contributed by atoms with Crippen LogP contribution in [-0.4, -0.2) is 0 Å². The van der Waals surface area contributed by atoms with Gasteiger partial charge in [0.2, 0.25) is 0 Å². The highest BCUT2D eigenvalue weighted by Crippen LogP contribution is 2.47. The normalized spacial score (nSPS) is 29.0. The maximum atomic E-state index is 13.1. The van der Waals surface area contributed by atoms with Gasteiger partial charge in [-0.2, -0.15) is 0 Å².